The van der Waals surface area contributed by atoms with Crippen LogP contribution in [0.2, 0.25) is 0 Å². The van der Waals surface area contributed by atoms with Crippen LogP contribution in [0.25, 0.3) is 0 Å². The molecule has 0 radical (unpaired) electrons. The predicted molar refractivity (Wildman–Crippen MR) is 82.8 cm³/mol. The molecule has 0 unspecified atom stereocenters. The molecule has 0 saturated heterocycles. The molecule has 0 aliphatic carbocycles. The first-order valence-electron chi connectivity index (χ1n) is 6.46. The smallest absolute Gasteiger partial charge is 0.268 e. The van der Waals surface area contributed by atoms with Gasteiger partial charge in [-0.15, -0.1) is 12.4 Å². The molecule has 0 atom stereocenters. The maximum atomic E-state index is 12.2. The molecule has 0 spiro atoms. The van der Waals surface area contributed by atoms with Crippen LogP contribution in [0.15, 0.2) is 0 Å². The number of carbonyl (C=O) groups excluding carboxylic acids is 2. The number of carbonyl (C=O) groups is 2. The first kappa shape index (κ1) is 18.7. The summed E-state index contributed by atoms with van der Waals surface area (Å²) in [5.74, 6) is -0.241. The minimum atomic E-state index is -0.465. The van der Waals surface area contributed by atoms with Crippen molar-refractivity contribution in [3.63, 3.8) is 0 Å². The van der Waals surface area contributed by atoms with Crippen molar-refractivity contribution in [3.8, 4) is 0 Å². The van der Waals surface area contributed by atoms with Crippen molar-refractivity contribution in [1.82, 2.24) is 10.3 Å². The highest BCUT2D eigenvalue weighted by Crippen LogP contribution is 2.20. The second-order valence-corrected chi connectivity index (χ2v) is 5.56. The summed E-state index contributed by atoms with van der Waals surface area (Å²) in [6.07, 6.45) is 0.633. The molecule has 5 nitrogen and oxygen atoms in total. The Kier molecular flexibility index (Phi) is 6.44. The Morgan fingerprint density at radius 1 is 1.35 bits per heavy atom. The standard InChI is InChI=1S/C14H23N3O2.ClH/c1-6-10-11(9(3)18)8(2)17-12(10)13(19)16-7-14(4,5)15;/h17H,6-7,15H2,1-5H3,(H,16,19);1H. The van der Waals surface area contributed by atoms with Gasteiger partial charge >= 0.3 is 0 Å². The van der Waals surface area contributed by atoms with E-state index in [1.165, 1.54) is 6.92 Å². The molecule has 1 heterocycles. The molecule has 1 aromatic rings. The second kappa shape index (κ2) is 6.90. The van der Waals surface area contributed by atoms with Crippen molar-refractivity contribution < 1.29 is 9.59 Å². The van der Waals surface area contributed by atoms with E-state index in [4.69, 9.17) is 5.73 Å². The lowest BCUT2D eigenvalue weighted by atomic mass is 10.0. The van der Waals surface area contributed by atoms with Crippen LogP contribution in [0.3, 0.4) is 0 Å². The first-order chi connectivity index (χ1) is 8.67. The molecule has 4 N–H and O–H groups in total. The summed E-state index contributed by atoms with van der Waals surface area (Å²) in [7, 11) is 0. The number of H-pyrrole nitrogens is 1. The number of aromatic amines is 1. The highest BCUT2D eigenvalue weighted by atomic mass is 35.5. The largest absolute Gasteiger partial charge is 0.354 e. The van der Waals surface area contributed by atoms with Gasteiger partial charge in [-0.1, -0.05) is 6.92 Å². The number of aromatic nitrogens is 1. The van der Waals surface area contributed by atoms with Crippen LogP contribution in [0.1, 0.15) is 59.8 Å². The summed E-state index contributed by atoms with van der Waals surface area (Å²) >= 11 is 0. The van der Waals surface area contributed by atoms with Crippen LogP contribution in [0, 0.1) is 6.92 Å². The molecule has 1 rings (SSSR count). The Morgan fingerprint density at radius 2 is 1.90 bits per heavy atom. The van der Waals surface area contributed by atoms with E-state index >= 15 is 0 Å². The Labute approximate surface area is 126 Å². The number of hydrogen-bond acceptors (Lipinski definition) is 3. The fourth-order valence-corrected chi connectivity index (χ4v) is 2.10. The zero-order chi connectivity index (χ0) is 14.8. The zero-order valence-corrected chi connectivity index (χ0v) is 13.5. The number of nitrogens with two attached hydrogens (primary N) is 1. The molecule has 0 aliphatic rings. The molecule has 0 saturated carbocycles. The van der Waals surface area contributed by atoms with Gasteiger partial charge in [-0.05, 0) is 39.7 Å². The van der Waals surface area contributed by atoms with E-state index in [-0.39, 0.29) is 24.1 Å². The number of ketones is 1. The van der Waals surface area contributed by atoms with Gasteiger partial charge in [0.25, 0.3) is 5.91 Å². The lowest BCUT2D eigenvalue weighted by Gasteiger charge is -2.18. The Hall–Kier alpha value is -1.33. The van der Waals surface area contributed by atoms with E-state index in [0.29, 0.717) is 24.2 Å². The SMILES string of the molecule is CCc1c(C(=O)NCC(C)(C)N)[nH]c(C)c1C(C)=O.Cl. The normalized spacial score (nSPS) is 10.9. The topological polar surface area (TPSA) is 88.0 Å². The predicted octanol–water partition coefficient (Wildman–Crippen LogP) is 1.98. The Balaban J connectivity index is 0.00000361. The molecule has 0 aliphatic heterocycles. The van der Waals surface area contributed by atoms with Gasteiger partial charge in [-0.2, -0.15) is 0 Å². The number of hydrogen-bond donors (Lipinski definition) is 3. The van der Waals surface area contributed by atoms with Gasteiger partial charge in [0.15, 0.2) is 5.78 Å². The third-order valence-corrected chi connectivity index (χ3v) is 2.93. The summed E-state index contributed by atoms with van der Waals surface area (Å²) in [6, 6.07) is 0. The molecular formula is C14H24ClN3O2. The number of amides is 1. The number of halogens is 1. The van der Waals surface area contributed by atoms with Crippen LogP contribution in [0.4, 0.5) is 0 Å². The van der Waals surface area contributed by atoms with Gasteiger partial charge in [-0.3, -0.25) is 9.59 Å². The minimum Gasteiger partial charge on any atom is -0.354 e. The van der Waals surface area contributed by atoms with Gasteiger partial charge in [0.2, 0.25) is 0 Å². The van der Waals surface area contributed by atoms with E-state index < -0.39 is 5.54 Å². The monoisotopic (exact) mass is 301 g/mol. The van der Waals surface area contributed by atoms with Crippen molar-refractivity contribution in [2.24, 2.45) is 5.73 Å². The minimum absolute atomic E-state index is 0. The van der Waals surface area contributed by atoms with E-state index in [9.17, 15) is 9.59 Å². The van der Waals surface area contributed by atoms with Gasteiger partial charge in [0.05, 0.1) is 0 Å². The molecule has 1 amide bonds. The summed E-state index contributed by atoms with van der Waals surface area (Å²) in [6.45, 7) is 9.31. The van der Waals surface area contributed by atoms with Crippen LogP contribution >= 0.6 is 12.4 Å². The van der Waals surface area contributed by atoms with E-state index in [0.717, 1.165) is 11.3 Å². The molecule has 0 aromatic carbocycles. The summed E-state index contributed by atoms with van der Waals surface area (Å²) in [5, 5.41) is 2.79. The van der Waals surface area contributed by atoms with Gasteiger partial charge in [0.1, 0.15) is 5.69 Å². The molecular weight excluding hydrogens is 278 g/mol. The lowest BCUT2D eigenvalue weighted by molar-refractivity contribution is 0.0940. The van der Waals surface area contributed by atoms with Crippen molar-refractivity contribution in [1.29, 1.82) is 0 Å². The summed E-state index contributed by atoms with van der Waals surface area (Å²) in [5.41, 5.74) is 7.98. The van der Waals surface area contributed by atoms with Crippen molar-refractivity contribution in [2.45, 2.75) is 46.6 Å². The number of Topliss-reactive ketones (excluding diaryl/α,β-unsaturated/α-hetero) is 1. The maximum absolute atomic E-state index is 12.2. The van der Waals surface area contributed by atoms with Crippen LogP contribution < -0.4 is 11.1 Å². The Bertz CT molecular complexity index is 501. The molecule has 1 aromatic heterocycles. The molecule has 0 fully saturated rings. The third-order valence-electron chi connectivity index (χ3n) is 2.93. The average molecular weight is 302 g/mol. The van der Waals surface area contributed by atoms with E-state index in [1.807, 2.05) is 20.8 Å². The van der Waals surface area contributed by atoms with E-state index in [2.05, 4.69) is 10.3 Å². The van der Waals surface area contributed by atoms with E-state index in [1.54, 1.807) is 6.92 Å². The highest BCUT2D eigenvalue weighted by molar-refractivity contribution is 6.02. The fraction of sp³-hybridized carbons (Fsp3) is 0.571. The number of rotatable bonds is 5. The first-order valence-corrected chi connectivity index (χ1v) is 6.46. The van der Waals surface area contributed by atoms with Crippen LogP contribution in [-0.4, -0.2) is 28.8 Å². The molecule has 114 valence electrons. The fourth-order valence-electron chi connectivity index (χ4n) is 2.10. The Morgan fingerprint density at radius 3 is 2.30 bits per heavy atom. The quantitative estimate of drug-likeness (QED) is 0.727. The van der Waals surface area contributed by atoms with Crippen molar-refractivity contribution in [2.75, 3.05) is 6.54 Å². The van der Waals surface area contributed by atoms with Crippen LogP contribution in [0.5, 0.6) is 0 Å². The highest BCUT2D eigenvalue weighted by Gasteiger charge is 2.22. The third kappa shape index (κ3) is 4.35. The van der Waals surface area contributed by atoms with Crippen LogP contribution in [-0.2, 0) is 6.42 Å². The van der Waals surface area contributed by atoms with Crippen molar-refractivity contribution >= 4 is 24.1 Å². The van der Waals surface area contributed by atoms with Crippen molar-refractivity contribution in [3.05, 3.63) is 22.5 Å². The van der Waals surface area contributed by atoms with Gasteiger partial charge in [0, 0.05) is 23.3 Å². The lowest BCUT2D eigenvalue weighted by Crippen LogP contribution is -2.45. The average Bonchev–Trinajstić information content (AvgIpc) is 2.61. The summed E-state index contributed by atoms with van der Waals surface area (Å²) < 4.78 is 0. The molecule has 6 heteroatoms. The molecule has 0 bridgehead atoms. The molecule has 20 heavy (non-hydrogen) atoms. The van der Waals surface area contributed by atoms with Gasteiger partial charge in [-0.25, -0.2) is 0 Å². The summed E-state index contributed by atoms with van der Waals surface area (Å²) in [4.78, 5) is 26.8. The second-order valence-electron chi connectivity index (χ2n) is 5.56. The number of nitrogens with one attached hydrogen (secondary N) is 2. The number of aryl methyl sites for hydroxylation is 1. The zero-order valence-electron chi connectivity index (χ0n) is 12.7. The van der Waals surface area contributed by atoms with Gasteiger partial charge < -0.3 is 16.0 Å². The maximum Gasteiger partial charge on any atom is 0.268 e.